The lowest BCUT2D eigenvalue weighted by Crippen LogP contribution is -2.57. The molecule has 0 unspecified atom stereocenters. The molecule has 0 radical (unpaired) electrons. The molecule has 0 aliphatic heterocycles. The van der Waals surface area contributed by atoms with Crippen molar-refractivity contribution in [1.29, 1.82) is 0 Å². The standard InChI is InChI=1S/C31H32Cl2N2O4S/c1-2-35(30-21-14-19-13-20(16-21)17-22(30)15-19)31(36)26-18-23(32)7-12-28(26)34-40(37,38)25-10-8-24(9-11-25)39-29-6-4-3-5-27(29)33/h3-12,18-22,30,34H,2,13-17H2,1H3. The normalized spacial score (nSPS) is 25.0. The van der Waals surface area contributed by atoms with Crippen LogP contribution in [0.1, 0.15) is 49.4 Å². The minimum atomic E-state index is -4.00. The molecule has 1 N–H and O–H groups in total. The van der Waals surface area contributed by atoms with Gasteiger partial charge in [-0.25, -0.2) is 8.42 Å². The minimum absolute atomic E-state index is 0.0424. The van der Waals surface area contributed by atoms with E-state index in [2.05, 4.69) is 4.72 Å². The fraction of sp³-hybridized carbons (Fsp3) is 0.387. The first-order chi connectivity index (χ1) is 19.2. The van der Waals surface area contributed by atoms with Gasteiger partial charge in [-0.3, -0.25) is 9.52 Å². The number of nitrogens with zero attached hydrogens (tertiary/aromatic N) is 1. The maximum absolute atomic E-state index is 14.0. The summed E-state index contributed by atoms with van der Waals surface area (Å²) < 4.78 is 35.2. The summed E-state index contributed by atoms with van der Waals surface area (Å²) in [6.45, 7) is 2.57. The second-order valence-corrected chi connectivity index (χ2v) is 13.8. The summed E-state index contributed by atoms with van der Waals surface area (Å²) in [6.07, 6.45) is 6.09. The number of anilines is 1. The molecule has 3 aromatic rings. The van der Waals surface area contributed by atoms with Crippen molar-refractivity contribution in [1.82, 2.24) is 4.90 Å². The molecule has 40 heavy (non-hydrogen) atoms. The Hall–Kier alpha value is -2.74. The van der Waals surface area contributed by atoms with E-state index in [-0.39, 0.29) is 28.1 Å². The van der Waals surface area contributed by atoms with E-state index in [1.54, 1.807) is 54.6 Å². The summed E-state index contributed by atoms with van der Waals surface area (Å²) >= 11 is 12.5. The zero-order valence-electron chi connectivity index (χ0n) is 22.2. The zero-order chi connectivity index (χ0) is 28.0. The fourth-order valence-corrected chi connectivity index (χ4v) is 8.80. The van der Waals surface area contributed by atoms with Gasteiger partial charge in [-0.2, -0.15) is 0 Å². The number of ether oxygens (including phenoxy) is 1. The molecule has 210 valence electrons. The summed E-state index contributed by atoms with van der Waals surface area (Å²) in [5, 5.41) is 0.837. The third-order valence-corrected chi connectivity index (χ3v) is 10.7. The number of halogens is 2. The van der Waals surface area contributed by atoms with Crippen LogP contribution in [-0.4, -0.2) is 31.8 Å². The number of hydrogen-bond acceptors (Lipinski definition) is 4. The average molecular weight is 600 g/mol. The van der Waals surface area contributed by atoms with Gasteiger partial charge in [0.25, 0.3) is 15.9 Å². The second-order valence-electron chi connectivity index (χ2n) is 11.3. The molecule has 4 aliphatic rings. The lowest BCUT2D eigenvalue weighted by atomic mass is 9.54. The highest BCUT2D eigenvalue weighted by Crippen LogP contribution is 2.55. The van der Waals surface area contributed by atoms with Gasteiger partial charge in [0.05, 0.1) is 21.2 Å². The molecule has 6 nitrogen and oxygen atoms in total. The van der Waals surface area contributed by atoms with E-state index in [1.165, 1.54) is 44.2 Å². The van der Waals surface area contributed by atoms with E-state index in [0.29, 0.717) is 39.9 Å². The summed E-state index contributed by atoms with van der Waals surface area (Å²) in [7, 11) is -4.00. The molecule has 0 aromatic heterocycles. The van der Waals surface area contributed by atoms with Crippen molar-refractivity contribution in [2.24, 2.45) is 23.7 Å². The lowest BCUT2D eigenvalue weighted by molar-refractivity contribution is -0.0543. The van der Waals surface area contributed by atoms with Gasteiger partial charge in [-0.15, -0.1) is 0 Å². The Kier molecular flexibility index (Phi) is 7.49. The molecule has 9 heteroatoms. The van der Waals surface area contributed by atoms with Crippen molar-refractivity contribution in [3.8, 4) is 11.5 Å². The van der Waals surface area contributed by atoms with Crippen molar-refractivity contribution in [2.45, 2.75) is 50.0 Å². The number of amides is 1. The van der Waals surface area contributed by atoms with Crippen LogP contribution in [0.5, 0.6) is 11.5 Å². The van der Waals surface area contributed by atoms with Crippen LogP contribution in [0, 0.1) is 23.7 Å². The Bertz CT molecular complexity index is 1500. The van der Waals surface area contributed by atoms with Gasteiger partial charge in [-0.05, 0) is 117 Å². The molecule has 0 atom stereocenters. The highest BCUT2D eigenvalue weighted by molar-refractivity contribution is 7.92. The quantitative estimate of drug-likeness (QED) is 0.286. The molecule has 0 heterocycles. The van der Waals surface area contributed by atoms with Crippen LogP contribution in [0.25, 0.3) is 0 Å². The Morgan fingerprint density at radius 1 is 0.925 bits per heavy atom. The molecule has 4 aliphatic carbocycles. The monoisotopic (exact) mass is 598 g/mol. The minimum Gasteiger partial charge on any atom is -0.456 e. The molecular weight excluding hydrogens is 567 g/mol. The molecule has 1 amide bonds. The van der Waals surface area contributed by atoms with E-state index >= 15 is 0 Å². The average Bonchev–Trinajstić information content (AvgIpc) is 2.92. The number of carbonyl (C=O) groups excluding carboxylic acids is 1. The third-order valence-electron chi connectivity index (χ3n) is 8.79. The smallest absolute Gasteiger partial charge is 0.261 e. The van der Waals surface area contributed by atoms with Crippen molar-refractivity contribution in [3.63, 3.8) is 0 Å². The van der Waals surface area contributed by atoms with Crippen LogP contribution >= 0.6 is 23.2 Å². The first kappa shape index (κ1) is 27.4. The van der Waals surface area contributed by atoms with Crippen molar-refractivity contribution in [3.05, 3.63) is 82.3 Å². The highest BCUT2D eigenvalue weighted by atomic mass is 35.5. The molecule has 0 saturated heterocycles. The predicted molar refractivity (Wildman–Crippen MR) is 158 cm³/mol. The number of sulfonamides is 1. The number of carbonyl (C=O) groups is 1. The van der Waals surface area contributed by atoms with E-state index in [4.69, 9.17) is 27.9 Å². The Balaban J connectivity index is 1.23. The number of benzene rings is 3. The Morgan fingerprint density at radius 3 is 2.20 bits per heavy atom. The molecule has 3 aromatic carbocycles. The molecule has 4 bridgehead atoms. The van der Waals surface area contributed by atoms with E-state index < -0.39 is 10.0 Å². The van der Waals surface area contributed by atoms with Gasteiger partial charge < -0.3 is 9.64 Å². The van der Waals surface area contributed by atoms with Crippen LogP contribution in [0.2, 0.25) is 10.0 Å². The lowest BCUT2D eigenvalue weighted by Gasteiger charge is -2.57. The maximum atomic E-state index is 14.0. The first-order valence-corrected chi connectivity index (χ1v) is 16.1. The highest BCUT2D eigenvalue weighted by Gasteiger charge is 2.51. The molecule has 7 rings (SSSR count). The molecule has 0 spiro atoms. The number of rotatable bonds is 8. The number of hydrogen-bond donors (Lipinski definition) is 1. The van der Waals surface area contributed by atoms with Crippen LogP contribution in [0.15, 0.2) is 71.6 Å². The SMILES string of the molecule is CCN(C(=O)c1cc(Cl)ccc1NS(=O)(=O)c1ccc(Oc2ccccc2Cl)cc1)C1C2CC3CC(C2)CC1C3. The first-order valence-electron chi connectivity index (χ1n) is 13.9. The van der Waals surface area contributed by atoms with Gasteiger partial charge in [0.2, 0.25) is 0 Å². The van der Waals surface area contributed by atoms with Crippen LogP contribution in [0.4, 0.5) is 5.69 Å². The van der Waals surface area contributed by atoms with E-state index in [1.807, 2.05) is 11.8 Å². The van der Waals surface area contributed by atoms with E-state index in [9.17, 15) is 13.2 Å². The van der Waals surface area contributed by atoms with Crippen LogP contribution in [-0.2, 0) is 10.0 Å². The van der Waals surface area contributed by atoms with Crippen molar-refractivity contribution < 1.29 is 17.9 Å². The van der Waals surface area contributed by atoms with Crippen molar-refractivity contribution >= 4 is 44.8 Å². The molecular formula is C31H32Cl2N2O4S. The second kappa shape index (κ2) is 10.9. The predicted octanol–water partition coefficient (Wildman–Crippen LogP) is 7.87. The third kappa shape index (κ3) is 5.31. The Morgan fingerprint density at radius 2 is 1.57 bits per heavy atom. The maximum Gasteiger partial charge on any atom is 0.261 e. The molecule has 4 fully saturated rings. The van der Waals surface area contributed by atoms with Gasteiger partial charge in [0, 0.05) is 17.6 Å². The molecule has 4 saturated carbocycles. The largest absolute Gasteiger partial charge is 0.456 e. The number of para-hydroxylation sites is 1. The summed E-state index contributed by atoms with van der Waals surface area (Å²) in [6, 6.07) is 18.0. The van der Waals surface area contributed by atoms with Crippen molar-refractivity contribution in [2.75, 3.05) is 11.3 Å². The zero-order valence-corrected chi connectivity index (χ0v) is 24.6. The summed E-state index contributed by atoms with van der Waals surface area (Å²) in [4.78, 5) is 16.1. The summed E-state index contributed by atoms with van der Waals surface area (Å²) in [5.41, 5.74) is 0.485. The Labute approximate surface area is 245 Å². The van der Waals surface area contributed by atoms with Gasteiger partial charge in [-0.1, -0.05) is 35.3 Å². The number of nitrogens with one attached hydrogen (secondary N) is 1. The van der Waals surface area contributed by atoms with Gasteiger partial charge >= 0.3 is 0 Å². The summed E-state index contributed by atoms with van der Waals surface area (Å²) in [5.74, 6) is 3.37. The fourth-order valence-electron chi connectivity index (χ4n) is 7.38. The van der Waals surface area contributed by atoms with Crippen LogP contribution < -0.4 is 9.46 Å². The van der Waals surface area contributed by atoms with Gasteiger partial charge in [0.15, 0.2) is 0 Å². The topological polar surface area (TPSA) is 75.7 Å². The van der Waals surface area contributed by atoms with E-state index in [0.717, 1.165) is 11.8 Å². The van der Waals surface area contributed by atoms with Crippen LogP contribution in [0.3, 0.4) is 0 Å². The van der Waals surface area contributed by atoms with Gasteiger partial charge in [0.1, 0.15) is 11.5 Å².